The molecule has 0 aromatic heterocycles. The lowest BCUT2D eigenvalue weighted by Gasteiger charge is -2.38. The van der Waals surface area contributed by atoms with Gasteiger partial charge in [-0.15, -0.1) is 0 Å². The average Bonchev–Trinajstić information content (AvgIpc) is 2.91. The number of hydrogen-bond donors (Lipinski definition) is 2. The number of allylic oxidation sites excluding steroid dienone is 1. The van der Waals surface area contributed by atoms with E-state index in [0.29, 0.717) is 26.3 Å². The van der Waals surface area contributed by atoms with Crippen molar-refractivity contribution >= 4 is 12.0 Å². The van der Waals surface area contributed by atoms with Crippen LogP contribution in [0.1, 0.15) is 13.8 Å². The summed E-state index contributed by atoms with van der Waals surface area (Å²) in [5, 5.41) is 13.3. The normalized spacial score (nSPS) is 32.8. The summed E-state index contributed by atoms with van der Waals surface area (Å²) in [5.41, 5.74) is 0.725. The molecular formula is C18H27N3O5. The lowest BCUT2D eigenvalue weighted by Crippen LogP contribution is -2.51. The molecule has 8 heteroatoms. The Kier molecular flexibility index (Phi) is 5.95. The molecule has 0 bridgehead atoms. The van der Waals surface area contributed by atoms with Gasteiger partial charge >= 0.3 is 6.09 Å². The average molecular weight is 365 g/mol. The van der Waals surface area contributed by atoms with Crippen LogP contribution in [0, 0.1) is 5.92 Å². The van der Waals surface area contributed by atoms with Crippen LogP contribution in [0.25, 0.3) is 0 Å². The Labute approximate surface area is 153 Å². The molecule has 0 saturated carbocycles. The van der Waals surface area contributed by atoms with E-state index in [0.717, 1.165) is 18.8 Å². The first-order chi connectivity index (χ1) is 12.5. The topological polar surface area (TPSA) is 91.3 Å². The van der Waals surface area contributed by atoms with Crippen molar-refractivity contribution in [2.45, 2.75) is 32.1 Å². The first kappa shape index (κ1) is 18.9. The van der Waals surface area contributed by atoms with E-state index in [1.165, 1.54) is 6.92 Å². The van der Waals surface area contributed by atoms with E-state index < -0.39 is 12.2 Å². The molecule has 4 atom stereocenters. The van der Waals surface area contributed by atoms with E-state index in [1.54, 1.807) is 17.1 Å². The van der Waals surface area contributed by atoms with E-state index >= 15 is 0 Å². The summed E-state index contributed by atoms with van der Waals surface area (Å²) in [7, 11) is 0. The molecule has 26 heavy (non-hydrogen) atoms. The van der Waals surface area contributed by atoms with E-state index in [2.05, 4.69) is 10.2 Å². The van der Waals surface area contributed by atoms with E-state index in [-0.39, 0.29) is 24.0 Å². The molecule has 2 aliphatic heterocycles. The van der Waals surface area contributed by atoms with Crippen LogP contribution in [0.3, 0.4) is 0 Å². The monoisotopic (exact) mass is 365 g/mol. The van der Waals surface area contributed by atoms with Crippen LogP contribution < -0.4 is 5.32 Å². The Morgan fingerprint density at radius 3 is 2.81 bits per heavy atom. The van der Waals surface area contributed by atoms with Gasteiger partial charge < -0.3 is 19.9 Å². The minimum atomic E-state index is -0.620. The van der Waals surface area contributed by atoms with Gasteiger partial charge in [0, 0.05) is 31.8 Å². The molecule has 0 radical (unpaired) electrons. The summed E-state index contributed by atoms with van der Waals surface area (Å²) in [6.07, 6.45) is 4.11. The molecule has 0 aromatic rings. The summed E-state index contributed by atoms with van der Waals surface area (Å²) >= 11 is 0. The zero-order valence-electron chi connectivity index (χ0n) is 15.3. The summed E-state index contributed by atoms with van der Waals surface area (Å²) < 4.78 is 10.7. The van der Waals surface area contributed by atoms with Crippen molar-refractivity contribution < 1.29 is 24.2 Å². The van der Waals surface area contributed by atoms with E-state index in [9.17, 15) is 14.7 Å². The predicted octanol–water partition coefficient (Wildman–Crippen LogP) is 0.0948. The fourth-order valence-corrected chi connectivity index (χ4v) is 3.75. The Bertz CT molecular complexity index is 600. The molecule has 3 aliphatic rings. The molecule has 1 aliphatic carbocycles. The molecule has 3 unspecified atom stereocenters. The van der Waals surface area contributed by atoms with Crippen LogP contribution in [0.15, 0.2) is 23.9 Å². The lowest BCUT2D eigenvalue weighted by atomic mass is 9.95. The fourth-order valence-electron chi connectivity index (χ4n) is 3.75. The smallest absolute Gasteiger partial charge is 0.414 e. The second kappa shape index (κ2) is 8.20. The summed E-state index contributed by atoms with van der Waals surface area (Å²) in [6.45, 7) is 7.05. The highest BCUT2D eigenvalue weighted by Crippen LogP contribution is 2.27. The number of nitrogens with one attached hydrogen (secondary N) is 1. The largest absolute Gasteiger partial charge is 0.442 e. The number of ether oxygens (including phenoxy) is 2. The highest BCUT2D eigenvalue weighted by Gasteiger charge is 2.36. The number of aliphatic hydroxyl groups is 1. The molecular weight excluding hydrogens is 338 g/mol. The van der Waals surface area contributed by atoms with Crippen molar-refractivity contribution in [3.63, 3.8) is 0 Å². The highest BCUT2D eigenvalue weighted by atomic mass is 16.6. The second-order valence-corrected chi connectivity index (χ2v) is 6.99. The van der Waals surface area contributed by atoms with Crippen LogP contribution in [0.4, 0.5) is 4.79 Å². The minimum absolute atomic E-state index is 0.0512. The van der Waals surface area contributed by atoms with Crippen LogP contribution in [-0.2, 0) is 14.3 Å². The molecule has 2 saturated heterocycles. The summed E-state index contributed by atoms with van der Waals surface area (Å²) in [4.78, 5) is 27.1. The van der Waals surface area contributed by atoms with Gasteiger partial charge in [-0.25, -0.2) is 4.79 Å². The van der Waals surface area contributed by atoms with Gasteiger partial charge in [-0.2, -0.15) is 0 Å². The molecule has 8 nitrogen and oxygen atoms in total. The molecule has 2 fully saturated rings. The zero-order valence-corrected chi connectivity index (χ0v) is 15.3. The Morgan fingerprint density at radius 1 is 1.38 bits per heavy atom. The van der Waals surface area contributed by atoms with Gasteiger partial charge in [-0.1, -0.05) is 19.1 Å². The molecule has 2 N–H and O–H groups in total. The van der Waals surface area contributed by atoms with E-state index in [4.69, 9.17) is 9.47 Å². The van der Waals surface area contributed by atoms with Crippen molar-refractivity contribution in [2.24, 2.45) is 5.92 Å². The Hall–Kier alpha value is -1.90. The molecule has 3 rings (SSSR count). The molecule has 0 aromatic carbocycles. The fraction of sp³-hybridized carbons (Fsp3) is 0.667. The van der Waals surface area contributed by atoms with Crippen LogP contribution in [-0.4, -0.2) is 84.5 Å². The molecule has 2 amide bonds. The predicted molar refractivity (Wildman–Crippen MR) is 94.2 cm³/mol. The van der Waals surface area contributed by atoms with Gasteiger partial charge in [0.05, 0.1) is 32.4 Å². The minimum Gasteiger partial charge on any atom is -0.442 e. The third-order valence-corrected chi connectivity index (χ3v) is 5.02. The maximum Gasteiger partial charge on any atom is 0.414 e. The molecule has 144 valence electrons. The number of rotatable bonds is 4. The summed E-state index contributed by atoms with van der Waals surface area (Å²) in [5.74, 6) is -0.103. The second-order valence-electron chi connectivity index (χ2n) is 6.99. The number of carbonyl (C=O) groups excluding carboxylic acids is 2. The van der Waals surface area contributed by atoms with Gasteiger partial charge in [-0.3, -0.25) is 14.6 Å². The lowest BCUT2D eigenvalue weighted by molar-refractivity contribution is -0.119. The number of cyclic esters (lactones) is 1. The van der Waals surface area contributed by atoms with Crippen molar-refractivity contribution in [2.75, 3.05) is 39.4 Å². The van der Waals surface area contributed by atoms with Gasteiger partial charge in [-0.05, 0) is 12.0 Å². The number of aliphatic hydroxyl groups excluding tert-OH is 1. The quantitative estimate of drug-likeness (QED) is 0.734. The third-order valence-electron chi connectivity index (χ3n) is 5.02. The van der Waals surface area contributed by atoms with Gasteiger partial charge in [0.2, 0.25) is 5.91 Å². The first-order valence-corrected chi connectivity index (χ1v) is 9.08. The van der Waals surface area contributed by atoms with Gasteiger partial charge in [0.1, 0.15) is 6.10 Å². The zero-order chi connectivity index (χ0) is 18.7. The number of morpholine rings is 1. The Balaban J connectivity index is 1.71. The highest BCUT2D eigenvalue weighted by molar-refractivity contribution is 5.74. The first-order valence-electron chi connectivity index (χ1n) is 9.08. The van der Waals surface area contributed by atoms with E-state index in [1.807, 2.05) is 13.0 Å². The van der Waals surface area contributed by atoms with Crippen LogP contribution >= 0.6 is 0 Å². The van der Waals surface area contributed by atoms with Crippen molar-refractivity contribution in [1.82, 2.24) is 15.1 Å². The van der Waals surface area contributed by atoms with Crippen molar-refractivity contribution in [3.05, 3.63) is 23.9 Å². The standard InChI is InChI=1S/C18H27N3O5/c1-12-9-14(21-11-15(26-18(21)24)10-19-13(2)22)3-4-16(23)17(12)20-5-7-25-8-6-20/h3-4,9,12,15-17,23H,5-8,10-11H2,1-2H3,(H,19,22)/t12?,15-,16?,17?/m0/s1. The maximum absolute atomic E-state index is 12.2. The maximum atomic E-state index is 12.2. The van der Waals surface area contributed by atoms with Crippen molar-refractivity contribution in [1.29, 1.82) is 0 Å². The SMILES string of the molecule is CC(=O)NC[C@H]1CN(C2=CC(C)C(N3CCOCC3)C(O)C=C2)C(=O)O1. The third kappa shape index (κ3) is 4.25. The molecule has 0 spiro atoms. The van der Waals surface area contributed by atoms with Crippen LogP contribution in [0.2, 0.25) is 0 Å². The van der Waals surface area contributed by atoms with Gasteiger partial charge in [0.25, 0.3) is 0 Å². The molecule has 2 heterocycles. The van der Waals surface area contributed by atoms with Gasteiger partial charge in [0.15, 0.2) is 0 Å². The van der Waals surface area contributed by atoms with Crippen LogP contribution in [0.5, 0.6) is 0 Å². The number of hydrogen-bond acceptors (Lipinski definition) is 6. The number of carbonyl (C=O) groups is 2. The number of nitrogens with zero attached hydrogens (tertiary/aromatic N) is 2. The number of amides is 2. The Morgan fingerprint density at radius 2 is 2.12 bits per heavy atom. The summed E-state index contributed by atoms with van der Waals surface area (Å²) in [6, 6.07) is -0.0542. The van der Waals surface area contributed by atoms with Crippen molar-refractivity contribution in [3.8, 4) is 0 Å².